The zero-order valence-electron chi connectivity index (χ0n) is 13.3. The second-order valence-corrected chi connectivity index (χ2v) is 6.52. The summed E-state index contributed by atoms with van der Waals surface area (Å²) >= 11 is 0. The number of aliphatic hydroxyl groups is 1. The number of nitrogens with one attached hydrogen (secondary N) is 1. The molecular weight excluding hydrogens is 260 g/mol. The van der Waals surface area contributed by atoms with Gasteiger partial charge in [-0.05, 0) is 44.5 Å². The SMILES string of the molecule is CC(C)CNCCC(C)(O)Cc1ccc2ccccc2n1. The third-order valence-electron chi connectivity index (χ3n) is 3.61. The van der Waals surface area contributed by atoms with Crippen LogP contribution in [0.3, 0.4) is 0 Å². The maximum atomic E-state index is 10.5. The van der Waals surface area contributed by atoms with Crippen LogP contribution in [0.2, 0.25) is 0 Å². The Morgan fingerprint density at radius 1 is 1.19 bits per heavy atom. The lowest BCUT2D eigenvalue weighted by Gasteiger charge is -2.23. The summed E-state index contributed by atoms with van der Waals surface area (Å²) in [5, 5.41) is 15.0. The van der Waals surface area contributed by atoms with Crippen molar-refractivity contribution in [1.82, 2.24) is 10.3 Å². The number of pyridine rings is 1. The van der Waals surface area contributed by atoms with Crippen LogP contribution in [0, 0.1) is 5.92 Å². The third-order valence-corrected chi connectivity index (χ3v) is 3.61. The van der Waals surface area contributed by atoms with E-state index in [0.29, 0.717) is 12.3 Å². The smallest absolute Gasteiger partial charge is 0.0705 e. The molecule has 114 valence electrons. The monoisotopic (exact) mass is 286 g/mol. The lowest BCUT2D eigenvalue weighted by Crippen LogP contribution is -2.33. The molecule has 0 aliphatic carbocycles. The highest BCUT2D eigenvalue weighted by Crippen LogP contribution is 2.18. The summed E-state index contributed by atoms with van der Waals surface area (Å²) < 4.78 is 0. The molecule has 2 aromatic rings. The minimum atomic E-state index is -0.723. The molecule has 0 saturated heterocycles. The van der Waals surface area contributed by atoms with Crippen LogP contribution < -0.4 is 5.32 Å². The van der Waals surface area contributed by atoms with Crippen LogP contribution >= 0.6 is 0 Å². The summed E-state index contributed by atoms with van der Waals surface area (Å²) in [4.78, 5) is 4.64. The maximum absolute atomic E-state index is 10.5. The fourth-order valence-corrected chi connectivity index (χ4v) is 2.43. The van der Waals surface area contributed by atoms with Crippen LogP contribution in [-0.2, 0) is 6.42 Å². The van der Waals surface area contributed by atoms with E-state index < -0.39 is 5.60 Å². The van der Waals surface area contributed by atoms with Crippen LogP contribution in [-0.4, -0.2) is 28.8 Å². The first-order valence-electron chi connectivity index (χ1n) is 7.74. The fraction of sp³-hybridized carbons (Fsp3) is 0.500. The number of hydrogen-bond acceptors (Lipinski definition) is 3. The van der Waals surface area contributed by atoms with Gasteiger partial charge in [0.15, 0.2) is 0 Å². The lowest BCUT2D eigenvalue weighted by atomic mass is 9.95. The van der Waals surface area contributed by atoms with Crippen LogP contribution in [0.15, 0.2) is 36.4 Å². The van der Waals surface area contributed by atoms with Gasteiger partial charge in [0.05, 0.1) is 11.1 Å². The van der Waals surface area contributed by atoms with Gasteiger partial charge in [0.2, 0.25) is 0 Å². The zero-order valence-corrected chi connectivity index (χ0v) is 13.3. The minimum Gasteiger partial charge on any atom is -0.390 e. The molecule has 0 fully saturated rings. The van der Waals surface area contributed by atoms with Crippen LogP contribution in [0.5, 0.6) is 0 Å². The van der Waals surface area contributed by atoms with Crippen molar-refractivity contribution in [3.05, 3.63) is 42.1 Å². The highest BCUT2D eigenvalue weighted by atomic mass is 16.3. The number of rotatable bonds is 7. The topological polar surface area (TPSA) is 45.1 Å². The highest BCUT2D eigenvalue weighted by Gasteiger charge is 2.21. The Labute approximate surface area is 127 Å². The molecule has 0 aliphatic heterocycles. The second-order valence-electron chi connectivity index (χ2n) is 6.52. The lowest BCUT2D eigenvalue weighted by molar-refractivity contribution is 0.0505. The molecule has 1 atom stereocenters. The Balaban J connectivity index is 1.94. The minimum absolute atomic E-state index is 0.585. The molecule has 2 N–H and O–H groups in total. The summed E-state index contributed by atoms with van der Waals surface area (Å²) in [6.45, 7) is 8.08. The summed E-state index contributed by atoms with van der Waals surface area (Å²) in [6.07, 6.45) is 1.31. The molecule has 0 saturated carbocycles. The predicted octanol–water partition coefficient (Wildman–Crippen LogP) is 3.16. The first-order chi connectivity index (χ1) is 9.96. The van der Waals surface area contributed by atoms with E-state index in [4.69, 9.17) is 0 Å². The quantitative estimate of drug-likeness (QED) is 0.769. The zero-order chi connectivity index (χ0) is 15.3. The van der Waals surface area contributed by atoms with Gasteiger partial charge in [-0.15, -0.1) is 0 Å². The average Bonchev–Trinajstić information content (AvgIpc) is 2.43. The van der Waals surface area contributed by atoms with Crippen molar-refractivity contribution < 1.29 is 5.11 Å². The van der Waals surface area contributed by atoms with Crippen molar-refractivity contribution in [3.8, 4) is 0 Å². The van der Waals surface area contributed by atoms with E-state index in [-0.39, 0.29) is 0 Å². The van der Waals surface area contributed by atoms with Gasteiger partial charge in [-0.25, -0.2) is 0 Å². The van der Waals surface area contributed by atoms with Crippen molar-refractivity contribution in [2.24, 2.45) is 5.92 Å². The van der Waals surface area contributed by atoms with Crippen molar-refractivity contribution in [2.75, 3.05) is 13.1 Å². The Kier molecular flexibility index (Phi) is 5.32. The average molecular weight is 286 g/mol. The molecular formula is C18H26N2O. The van der Waals surface area contributed by atoms with Gasteiger partial charge in [0.25, 0.3) is 0 Å². The van der Waals surface area contributed by atoms with Gasteiger partial charge in [-0.3, -0.25) is 4.98 Å². The molecule has 3 nitrogen and oxygen atoms in total. The van der Waals surface area contributed by atoms with Gasteiger partial charge in [0.1, 0.15) is 0 Å². The van der Waals surface area contributed by atoms with E-state index in [1.165, 1.54) is 0 Å². The molecule has 0 bridgehead atoms. The summed E-state index contributed by atoms with van der Waals surface area (Å²) in [5.41, 5.74) is 1.21. The number of nitrogens with zero attached hydrogens (tertiary/aromatic N) is 1. The van der Waals surface area contributed by atoms with E-state index in [0.717, 1.165) is 36.1 Å². The van der Waals surface area contributed by atoms with Crippen molar-refractivity contribution in [3.63, 3.8) is 0 Å². The van der Waals surface area contributed by atoms with Gasteiger partial charge < -0.3 is 10.4 Å². The highest BCUT2D eigenvalue weighted by molar-refractivity contribution is 5.78. The predicted molar refractivity (Wildman–Crippen MR) is 88.4 cm³/mol. The molecule has 0 radical (unpaired) electrons. The van der Waals surface area contributed by atoms with Crippen LogP contribution in [0.4, 0.5) is 0 Å². The van der Waals surface area contributed by atoms with Crippen LogP contribution in [0.25, 0.3) is 10.9 Å². The van der Waals surface area contributed by atoms with Crippen molar-refractivity contribution >= 4 is 10.9 Å². The largest absolute Gasteiger partial charge is 0.390 e. The van der Waals surface area contributed by atoms with E-state index in [9.17, 15) is 5.11 Å². The standard InChI is InChI=1S/C18H26N2O/c1-14(2)13-19-11-10-18(3,21)12-16-9-8-15-6-4-5-7-17(15)20-16/h4-9,14,19,21H,10-13H2,1-3H3. The van der Waals surface area contributed by atoms with Gasteiger partial charge >= 0.3 is 0 Å². The summed E-state index contributed by atoms with van der Waals surface area (Å²) in [7, 11) is 0. The number of aromatic nitrogens is 1. The summed E-state index contributed by atoms with van der Waals surface area (Å²) in [6, 6.07) is 12.2. The molecule has 0 amide bonds. The normalized spacial score (nSPS) is 14.5. The molecule has 1 aromatic heterocycles. The molecule has 1 aromatic carbocycles. The van der Waals surface area contributed by atoms with Gasteiger partial charge in [-0.1, -0.05) is 38.1 Å². The number of fused-ring (bicyclic) bond motifs is 1. The van der Waals surface area contributed by atoms with Crippen LogP contribution in [0.1, 0.15) is 32.9 Å². The summed E-state index contributed by atoms with van der Waals surface area (Å²) in [5.74, 6) is 0.636. The van der Waals surface area contributed by atoms with Gasteiger partial charge in [0, 0.05) is 17.5 Å². The molecule has 1 heterocycles. The Morgan fingerprint density at radius 2 is 1.95 bits per heavy atom. The Bertz CT molecular complexity index is 578. The molecule has 0 spiro atoms. The van der Waals surface area contributed by atoms with Gasteiger partial charge in [-0.2, -0.15) is 0 Å². The molecule has 0 aliphatic rings. The Morgan fingerprint density at radius 3 is 2.71 bits per heavy atom. The van der Waals surface area contributed by atoms with E-state index >= 15 is 0 Å². The van der Waals surface area contributed by atoms with E-state index in [1.54, 1.807) is 0 Å². The fourth-order valence-electron chi connectivity index (χ4n) is 2.43. The van der Waals surface area contributed by atoms with Crippen molar-refractivity contribution in [1.29, 1.82) is 0 Å². The first kappa shape index (κ1) is 15.9. The maximum Gasteiger partial charge on any atom is 0.0705 e. The molecule has 21 heavy (non-hydrogen) atoms. The number of para-hydroxylation sites is 1. The van der Waals surface area contributed by atoms with E-state index in [1.807, 2.05) is 31.2 Å². The van der Waals surface area contributed by atoms with E-state index in [2.05, 4.69) is 36.3 Å². The number of hydrogen-bond donors (Lipinski definition) is 2. The Hall–Kier alpha value is -1.45. The van der Waals surface area contributed by atoms with Crippen molar-refractivity contribution in [2.45, 2.75) is 39.2 Å². The number of benzene rings is 1. The third kappa shape index (κ3) is 5.10. The molecule has 2 rings (SSSR count). The first-order valence-corrected chi connectivity index (χ1v) is 7.74. The molecule has 3 heteroatoms. The molecule has 1 unspecified atom stereocenters. The second kappa shape index (κ2) is 7.01.